The number of nitrogens with zero attached hydrogens (tertiary/aromatic N) is 3. The molecule has 0 saturated carbocycles. The molecule has 1 aliphatic carbocycles. The number of hydrogen-bond acceptors (Lipinski definition) is 5. The molecule has 0 radical (unpaired) electrons. The number of hydrogen-bond donors (Lipinski definition) is 1. The Morgan fingerprint density at radius 1 is 1.58 bits per heavy atom. The van der Waals surface area contributed by atoms with Gasteiger partial charge in [0.1, 0.15) is 0 Å². The molecule has 0 amide bonds. The van der Waals surface area contributed by atoms with E-state index in [9.17, 15) is 10.1 Å². The Balaban J connectivity index is 1.75. The molecule has 0 spiro atoms. The first-order chi connectivity index (χ1) is 9.15. The van der Waals surface area contributed by atoms with Crippen molar-refractivity contribution in [3.8, 4) is 0 Å². The summed E-state index contributed by atoms with van der Waals surface area (Å²) >= 11 is 1.80. The number of nitro groups is 1. The molecule has 0 fully saturated rings. The van der Waals surface area contributed by atoms with Gasteiger partial charge in [0.15, 0.2) is 0 Å². The van der Waals surface area contributed by atoms with E-state index in [1.165, 1.54) is 34.5 Å². The predicted octanol–water partition coefficient (Wildman–Crippen LogP) is 2.49. The zero-order valence-corrected chi connectivity index (χ0v) is 11.4. The Bertz CT molecular complexity index is 610. The van der Waals surface area contributed by atoms with E-state index in [0.29, 0.717) is 12.4 Å². The first kappa shape index (κ1) is 12.2. The van der Waals surface area contributed by atoms with Crippen LogP contribution in [0.2, 0.25) is 0 Å². The van der Waals surface area contributed by atoms with Gasteiger partial charge < -0.3 is 15.4 Å². The second-order valence-corrected chi connectivity index (χ2v) is 5.87. The summed E-state index contributed by atoms with van der Waals surface area (Å²) < 4.78 is 1.64. The van der Waals surface area contributed by atoms with Crippen LogP contribution >= 0.6 is 11.3 Å². The van der Waals surface area contributed by atoms with Crippen LogP contribution in [0.1, 0.15) is 21.7 Å². The molecule has 0 aromatic carbocycles. The summed E-state index contributed by atoms with van der Waals surface area (Å²) in [7, 11) is 1.75. The standard InChI is InChI=1S/C12H14N4O2S/c1-15-7-14-12(16(17)18)11(15)13-6-9-5-8-3-2-4-10(8)19-9/h5,7,13H,2-4,6H2,1H3. The van der Waals surface area contributed by atoms with E-state index < -0.39 is 4.92 Å². The molecular weight excluding hydrogens is 264 g/mol. The summed E-state index contributed by atoms with van der Waals surface area (Å²) in [6.45, 7) is 0.609. The van der Waals surface area contributed by atoms with E-state index in [0.717, 1.165) is 6.42 Å². The maximum Gasteiger partial charge on any atom is 0.406 e. The summed E-state index contributed by atoms with van der Waals surface area (Å²) in [5.41, 5.74) is 1.45. The summed E-state index contributed by atoms with van der Waals surface area (Å²) in [6, 6.07) is 2.21. The molecule has 0 aliphatic heterocycles. The van der Waals surface area contributed by atoms with Crippen LogP contribution in [0.15, 0.2) is 12.4 Å². The molecule has 0 bridgehead atoms. The second kappa shape index (κ2) is 4.65. The lowest BCUT2D eigenvalue weighted by Gasteiger charge is -2.04. The molecule has 0 saturated heterocycles. The van der Waals surface area contributed by atoms with Gasteiger partial charge in [-0.3, -0.25) is 4.57 Å². The quantitative estimate of drug-likeness (QED) is 0.689. The van der Waals surface area contributed by atoms with Gasteiger partial charge >= 0.3 is 5.82 Å². The molecule has 19 heavy (non-hydrogen) atoms. The van der Waals surface area contributed by atoms with Gasteiger partial charge in [-0.2, -0.15) is 0 Å². The molecule has 6 nitrogen and oxygen atoms in total. The van der Waals surface area contributed by atoms with Gasteiger partial charge in [0, 0.05) is 16.8 Å². The number of fused-ring (bicyclic) bond motifs is 1. The third kappa shape index (κ3) is 2.21. The van der Waals surface area contributed by atoms with Crippen molar-refractivity contribution in [2.24, 2.45) is 7.05 Å². The maximum atomic E-state index is 10.9. The van der Waals surface area contributed by atoms with Crippen molar-refractivity contribution < 1.29 is 4.92 Å². The topological polar surface area (TPSA) is 73.0 Å². The lowest BCUT2D eigenvalue weighted by Crippen LogP contribution is -2.04. The van der Waals surface area contributed by atoms with E-state index in [-0.39, 0.29) is 5.82 Å². The van der Waals surface area contributed by atoms with Crippen molar-refractivity contribution >= 4 is 23.0 Å². The fourth-order valence-electron chi connectivity index (χ4n) is 2.40. The smallest absolute Gasteiger partial charge is 0.359 e. The van der Waals surface area contributed by atoms with Crippen LogP contribution in [-0.4, -0.2) is 14.5 Å². The molecule has 0 atom stereocenters. The molecule has 2 aromatic rings. The van der Waals surface area contributed by atoms with Crippen molar-refractivity contribution in [3.05, 3.63) is 37.8 Å². The molecule has 1 N–H and O–H groups in total. The third-order valence-corrected chi connectivity index (χ3v) is 4.56. The second-order valence-electron chi connectivity index (χ2n) is 4.65. The Hall–Kier alpha value is -1.89. The monoisotopic (exact) mass is 278 g/mol. The minimum absolute atomic E-state index is 0.119. The van der Waals surface area contributed by atoms with Gasteiger partial charge in [-0.1, -0.05) is 0 Å². The lowest BCUT2D eigenvalue weighted by molar-refractivity contribution is -0.388. The van der Waals surface area contributed by atoms with Crippen LogP contribution in [0.3, 0.4) is 0 Å². The zero-order valence-electron chi connectivity index (χ0n) is 10.5. The summed E-state index contributed by atoms with van der Waals surface area (Å²) in [6.07, 6.45) is 5.04. The van der Waals surface area contributed by atoms with Crippen molar-refractivity contribution in [2.75, 3.05) is 5.32 Å². The number of aryl methyl sites for hydroxylation is 3. The summed E-state index contributed by atoms with van der Waals surface area (Å²) in [5, 5.41) is 14.0. The molecule has 2 aromatic heterocycles. The number of anilines is 1. The van der Waals surface area contributed by atoms with E-state index in [1.54, 1.807) is 23.0 Å². The maximum absolute atomic E-state index is 10.9. The molecule has 1 aliphatic rings. The molecular formula is C12H14N4O2S. The zero-order chi connectivity index (χ0) is 13.4. The Kier molecular flexibility index (Phi) is 2.98. The van der Waals surface area contributed by atoms with Gasteiger partial charge in [-0.25, -0.2) is 0 Å². The normalized spacial score (nSPS) is 13.5. The largest absolute Gasteiger partial charge is 0.406 e. The Labute approximate surface area is 114 Å². The average Bonchev–Trinajstić information content (AvgIpc) is 3.00. The highest BCUT2D eigenvalue weighted by Gasteiger charge is 2.20. The van der Waals surface area contributed by atoms with Crippen LogP contribution in [0.25, 0.3) is 0 Å². The molecule has 3 rings (SSSR count). The fourth-order valence-corrected chi connectivity index (χ4v) is 3.60. The van der Waals surface area contributed by atoms with E-state index in [2.05, 4.69) is 16.4 Å². The first-order valence-electron chi connectivity index (χ1n) is 6.15. The van der Waals surface area contributed by atoms with E-state index in [4.69, 9.17) is 0 Å². The Morgan fingerprint density at radius 2 is 2.42 bits per heavy atom. The van der Waals surface area contributed by atoms with Crippen LogP contribution in [0.5, 0.6) is 0 Å². The predicted molar refractivity (Wildman–Crippen MR) is 73.5 cm³/mol. The van der Waals surface area contributed by atoms with Crippen molar-refractivity contribution in [1.82, 2.24) is 9.55 Å². The highest BCUT2D eigenvalue weighted by atomic mass is 32.1. The minimum Gasteiger partial charge on any atom is -0.359 e. The van der Waals surface area contributed by atoms with Crippen molar-refractivity contribution in [2.45, 2.75) is 25.8 Å². The number of aromatic nitrogens is 2. The Morgan fingerprint density at radius 3 is 3.16 bits per heavy atom. The minimum atomic E-state index is -0.462. The van der Waals surface area contributed by atoms with Gasteiger partial charge in [-0.15, -0.1) is 11.3 Å². The van der Waals surface area contributed by atoms with Crippen LogP contribution < -0.4 is 5.32 Å². The SMILES string of the molecule is Cn1cnc([N+](=O)[O-])c1NCc1cc2c(s1)CCC2. The summed E-state index contributed by atoms with van der Waals surface area (Å²) in [5.74, 6) is 0.338. The van der Waals surface area contributed by atoms with Crippen LogP contribution in [0, 0.1) is 10.1 Å². The molecule has 100 valence electrons. The highest BCUT2D eigenvalue weighted by molar-refractivity contribution is 7.12. The van der Waals surface area contributed by atoms with Gasteiger partial charge in [0.25, 0.3) is 0 Å². The third-order valence-electron chi connectivity index (χ3n) is 3.32. The first-order valence-corrected chi connectivity index (χ1v) is 6.97. The molecule has 2 heterocycles. The van der Waals surface area contributed by atoms with Gasteiger partial charge in [-0.05, 0) is 40.8 Å². The average molecular weight is 278 g/mol. The van der Waals surface area contributed by atoms with Crippen LogP contribution in [-0.2, 0) is 26.4 Å². The van der Waals surface area contributed by atoms with E-state index >= 15 is 0 Å². The van der Waals surface area contributed by atoms with Crippen molar-refractivity contribution in [3.63, 3.8) is 0 Å². The number of rotatable bonds is 4. The number of thiophene rings is 1. The van der Waals surface area contributed by atoms with Gasteiger partial charge in [0.05, 0.1) is 6.54 Å². The molecule has 0 unspecified atom stereocenters. The van der Waals surface area contributed by atoms with Crippen molar-refractivity contribution in [1.29, 1.82) is 0 Å². The lowest BCUT2D eigenvalue weighted by atomic mass is 10.2. The van der Waals surface area contributed by atoms with Gasteiger partial charge in [0.2, 0.25) is 12.1 Å². The van der Waals surface area contributed by atoms with Crippen LogP contribution in [0.4, 0.5) is 11.6 Å². The number of imidazole rings is 1. The van der Waals surface area contributed by atoms with E-state index in [1.807, 2.05) is 0 Å². The summed E-state index contributed by atoms with van der Waals surface area (Å²) in [4.78, 5) is 16.9. The number of nitrogens with one attached hydrogen (secondary N) is 1. The fraction of sp³-hybridized carbons (Fsp3) is 0.417. The highest BCUT2D eigenvalue weighted by Crippen LogP contribution is 2.31. The molecule has 7 heteroatoms.